The van der Waals surface area contributed by atoms with Crippen molar-refractivity contribution < 1.29 is 4.79 Å². The largest absolute Gasteiger partial charge is 0.323 e. The highest BCUT2D eigenvalue weighted by Gasteiger charge is 2.01. The first-order valence-corrected chi connectivity index (χ1v) is 7.24. The predicted octanol–water partition coefficient (Wildman–Crippen LogP) is 3.23. The van der Waals surface area contributed by atoms with Gasteiger partial charge in [0.1, 0.15) is 5.69 Å². The Morgan fingerprint density at radius 3 is 2.74 bits per heavy atom. The normalized spacial score (nSPS) is 10.8. The second-order valence-electron chi connectivity index (χ2n) is 5.09. The average Bonchev–Trinajstić information content (AvgIpc) is 3.03. The van der Waals surface area contributed by atoms with Crippen LogP contribution in [0.15, 0.2) is 66.9 Å². The van der Waals surface area contributed by atoms with E-state index in [1.54, 1.807) is 12.3 Å². The molecule has 0 aliphatic heterocycles. The first kappa shape index (κ1) is 14.7. The summed E-state index contributed by atoms with van der Waals surface area (Å²) in [5.74, 6) is -0.204. The van der Waals surface area contributed by atoms with Gasteiger partial charge in [0, 0.05) is 11.8 Å². The van der Waals surface area contributed by atoms with Gasteiger partial charge >= 0.3 is 0 Å². The van der Waals surface area contributed by atoms with E-state index in [-0.39, 0.29) is 5.91 Å². The third kappa shape index (κ3) is 3.91. The third-order valence-electron chi connectivity index (χ3n) is 3.19. The number of nitrogens with one attached hydrogen (secondary N) is 1. The number of aromatic nitrogens is 3. The standard InChI is InChI=1S/C18H16N4O/c1-14-6-5-7-15(12-14)20-18(23)11-10-16-13-19-22(21-16)17-8-3-2-4-9-17/h2-13H,1H3,(H,20,23). The number of carbonyl (C=O) groups is 1. The highest BCUT2D eigenvalue weighted by atomic mass is 16.1. The number of hydrogen-bond acceptors (Lipinski definition) is 3. The van der Waals surface area contributed by atoms with Gasteiger partial charge in [-0.15, -0.1) is 5.10 Å². The van der Waals surface area contributed by atoms with Gasteiger partial charge in [-0.2, -0.15) is 9.90 Å². The van der Waals surface area contributed by atoms with Crippen molar-refractivity contribution in [2.24, 2.45) is 0 Å². The van der Waals surface area contributed by atoms with Crippen LogP contribution in [-0.2, 0) is 4.79 Å². The summed E-state index contributed by atoms with van der Waals surface area (Å²) in [5.41, 5.74) is 3.36. The summed E-state index contributed by atoms with van der Waals surface area (Å²) in [5, 5.41) is 11.3. The fraction of sp³-hybridized carbons (Fsp3) is 0.0556. The van der Waals surface area contributed by atoms with E-state index in [4.69, 9.17) is 0 Å². The highest BCUT2D eigenvalue weighted by molar-refractivity contribution is 6.01. The van der Waals surface area contributed by atoms with E-state index < -0.39 is 0 Å². The SMILES string of the molecule is Cc1cccc(NC(=O)C=Cc2cnn(-c3ccccc3)n2)c1. The molecule has 0 unspecified atom stereocenters. The molecule has 23 heavy (non-hydrogen) atoms. The van der Waals surface area contributed by atoms with E-state index in [0.29, 0.717) is 5.69 Å². The van der Waals surface area contributed by atoms with Crippen molar-refractivity contribution in [1.82, 2.24) is 15.0 Å². The number of amides is 1. The molecule has 114 valence electrons. The molecule has 2 aromatic carbocycles. The molecule has 3 aromatic rings. The Morgan fingerprint density at radius 2 is 1.96 bits per heavy atom. The van der Waals surface area contributed by atoms with Crippen LogP contribution in [0, 0.1) is 6.92 Å². The molecule has 0 radical (unpaired) electrons. The number of benzene rings is 2. The molecule has 0 spiro atoms. The zero-order valence-corrected chi connectivity index (χ0v) is 12.7. The third-order valence-corrected chi connectivity index (χ3v) is 3.19. The molecule has 5 heteroatoms. The van der Waals surface area contributed by atoms with E-state index >= 15 is 0 Å². The van der Waals surface area contributed by atoms with Gasteiger partial charge in [0.25, 0.3) is 0 Å². The van der Waals surface area contributed by atoms with Crippen molar-refractivity contribution in [2.75, 3.05) is 5.32 Å². The highest BCUT2D eigenvalue weighted by Crippen LogP contribution is 2.10. The summed E-state index contributed by atoms with van der Waals surface area (Å²) in [7, 11) is 0. The van der Waals surface area contributed by atoms with Crippen molar-refractivity contribution in [3.05, 3.63) is 78.1 Å². The molecule has 0 bridgehead atoms. The van der Waals surface area contributed by atoms with Gasteiger partial charge in [0.05, 0.1) is 11.9 Å². The van der Waals surface area contributed by atoms with Crippen LogP contribution in [0.2, 0.25) is 0 Å². The van der Waals surface area contributed by atoms with Crippen molar-refractivity contribution in [3.63, 3.8) is 0 Å². The summed E-state index contributed by atoms with van der Waals surface area (Å²) < 4.78 is 0. The molecule has 0 fully saturated rings. The van der Waals surface area contributed by atoms with Gasteiger partial charge in [-0.25, -0.2) is 0 Å². The fourth-order valence-corrected chi connectivity index (χ4v) is 2.10. The van der Waals surface area contributed by atoms with Crippen LogP contribution >= 0.6 is 0 Å². The number of rotatable bonds is 4. The minimum absolute atomic E-state index is 0.204. The summed E-state index contributed by atoms with van der Waals surface area (Å²) in [4.78, 5) is 13.4. The number of nitrogens with zero attached hydrogens (tertiary/aromatic N) is 3. The zero-order valence-electron chi connectivity index (χ0n) is 12.7. The van der Waals surface area contributed by atoms with Gasteiger partial charge in [-0.1, -0.05) is 30.3 Å². The summed E-state index contributed by atoms with van der Waals surface area (Å²) in [6.07, 6.45) is 4.70. The van der Waals surface area contributed by atoms with Gasteiger partial charge in [-0.3, -0.25) is 4.79 Å². The van der Waals surface area contributed by atoms with Gasteiger partial charge in [0.2, 0.25) is 5.91 Å². The van der Waals surface area contributed by atoms with Crippen molar-refractivity contribution in [2.45, 2.75) is 6.92 Å². The van der Waals surface area contributed by atoms with Crippen molar-refractivity contribution >= 4 is 17.7 Å². The van der Waals surface area contributed by atoms with Crippen molar-refractivity contribution in [1.29, 1.82) is 0 Å². The lowest BCUT2D eigenvalue weighted by molar-refractivity contribution is -0.111. The Hall–Kier alpha value is -3.21. The van der Waals surface area contributed by atoms with Gasteiger partial charge < -0.3 is 5.32 Å². The van der Waals surface area contributed by atoms with Crippen LogP contribution in [-0.4, -0.2) is 20.9 Å². The minimum Gasteiger partial charge on any atom is -0.323 e. The quantitative estimate of drug-likeness (QED) is 0.753. The van der Waals surface area contributed by atoms with Crippen LogP contribution in [0.5, 0.6) is 0 Å². The molecule has 1 aromatic heterocycles. The van der Waals surface area contributed by atoms with Gasteiger partial charge in [0.15, 0.2) is 0 Å². The molecule has 0 aliphatic carbocycles. The van der Waals surface area contributed by atoms with Crippen LogP contribution in [0.4, 0.5) is 5.69 Å². The Balaban J connectivity index is 1.66. The van der Waals surface area contributed by atoms with Crippen LogP contribution in [0.3, 0.4) is 0 Å². The summed E-state index contributed by atoms with van der Waals surface area (Å²) in [6.45, 7) is 1.98. The number of aryl methyl sites for hydroxylation is 1. The van der Waals surface area contributed by atoms with E-state index in [2.05, 4.69) is 15.5 Å². The molecule has 1 N–H and O–H groups in total. The average molecular weight is 304 g/mol. The first-order chi connectivity index (χ1) is 11.2. The smallest absolute Gasteiger partial charge is 0.248 e. The van der Waals surface area contributed by atoms with E-state index in [1.165, 1.54) is 10.9 Å². The van der Waals surface area contributed by atoms with Gasteiger partial charge in [-0.05, 0) is 42.8 Å². The lowest BCUT2D eigenvalue weighted by Gasteiger charge is -2.02. The predicted molar refractivity (Wildman–Crippen MR) is 90.2 cm³/mol. The molecular weight excluding hydrogens is 288 g/mol. The van der Waals surface area contributed by atoms with E-state index in [1.807, 2.05) is 61.5 Å². The zero-order chi connectivity index (χ0) is 16.1. The molecule has 1 heterocycles. The summed E-state index contributed by atoms with van der Waals surface area (Å²) in [6, 6.07) is 17.3. The Bertz CT molecular complexity index is 837. The molecule has 5 nitrogen and oxygen atoms in total. The fourth-order valence-electron chi connectivity index (χ4n) is 2.10. The molecule has 0 saturated carbocycles. The van der Waals surface area contributed by atoms with Crippen LogP contribution in [0.1, 0.15) is 11.3 Å². The maximum atomic E-state index is 11.9. The Morgan fingerprint density at radius 1 is 1.13 bits per heavy atom. The Labute approximate surface area is 134 Å². The number of anilines is 1. The molecule has 0 saturated heterocycles. The second-order valence-corrected chi connectivity index (χ2v) is 5.09. The maximum absolute atomic E-state index is 11.9. The van der Waals surface area contributed by atoms with Crippen LogP contribution in [0.25, 0.3) is 11.8 Å². The molecule has 0 atom stereocenters. The number of para-hydroxylation sites is 1. The number of hydrogen-bond donors (Lipinski definition) is 1. The Kier molecular flexibility index (Phi) is 4.29. The maximum Gasteiger partial charge on any atom is 0.248 e. The topological polar surface area (TPSA) is 59.8 Å². The summed E-state index contributed by atoms with van der Waals surface area (Å²) >= 11 is 0. The van der Waals surface area contributed by atoms with E-state index in [0.717, 1.165) is 16.9 Å². The monoisotopic (exact) mass is 304 g/mol. The van der Waals surface area contributed by atoms with E-state index in [9.17, 15) is 4.79 Å². The lowest BCUT2D eigenvalue weighted by Crippen LogP contribution is -2.07. The van der Waals surface area contributed by atoms with Crippen LogP contribution < -0.4 is 5.32 Å². The molecular formula is C18H16N4O. The molecule has 0 aliphatic rings. The second kappa shape index (κ2) is 6.70. The lowest BCUT2D eigenvalue weighted by atomic mass is 10.2. The molecule has 3 rings (SSSR count). The van der Waals surface area contributed by atoms with Crippen molar-refractivity contribution in [3.8, 4) is 5.69 Å². The molecule has 1 amide bonds. The number of carbonyl (C=O) groups excluding carboxylic acids is 1. The first-order valence-electron chi connectivity index (χ1n) is 7.24. The minimum atomic E-state index is -0.204.